The van der Waals surface area contributed by atoms with E-state index in [1.165, 1.54) is 6.42 Å². The number of aromatic nitrogens is 1. The zero-order valence-electron chi connectivity index (χ0n) is 12.8. The first-order chi connectivity index (χ1) is 10.6. The topological polar surface area (TPSA) is 76.3 Å². The monoisotopic (exact) mass is 303 g/mol. The highest BCUT2D eigenvalue weighted by molar-refractivity contribution is 5.96. The lowest BCUT2D eigenvalue weighted by molar-refractivity contribution is -0.497. The van der Waals surface area contributed by atoms with Crippen LogP contribution in [0.3, 0.4) is 0 Å². The molecule has 2 aliphatic carbocycles. The third kappa shape index (κ3) is 2.96. The third-order valence-electron chi connectivity index (χ3n) is 4.66. The number of aryl methyl sites for hydroxylation is 1. The molecule has 0 saturated heterocycles. The summed E-state index contributed by atoms with van der Waals surface area (Å²) in [7, 11) is 0. The van der Waals surface area contributed by atoms with Gasteiger partial charge in [-0.1, -0.05) is 25.3 Å². The molecule has 118 valence electrons. The largest absolute Gasteiger partial charge is 0.293 e. The molecule has 3 rings (SSSR count). The van der Waals surface area contributed by atoms with Gasteiger partial charge in [-0.05, 0) is 31.4 Å². The molecule has 22 heavy (non-hydrogen) atoms. The van der Waals surface area contributed by atoms with Crippen LogP contribution in [0.5, 0.6) is 0 Å². The van der Waals surface area contributed by atoms with Crippen LogP contribution in [0.25, 0.3) is 0 Å². The summed E-state index contributed by atoms with van der Waals surface area (Å²) >= 11 is 0. The SMILES string of the molecule is Cc1ccc(N(C(=O)[C@H]2C[C@H]2[N+](=O)[O-])C2CCCCC2)nc1. The van der Waals surface area contributed by atoms with Crippen molar-refractivity contribution in [3.63, 3.8) is 0 Å². The summed E-state index contributed by atoms with van der Waals surface area (Å²) in [6, 6.07) is 3.21. The van der Waals surface area contributed by atoms with E-state index in [0.29, 0.717) is 12.2 Å². The van der Waals surface area contributed by atoms with E-state index < -0.39 is 12.0 Å². The van der Waals surface area contributed by atoms with Crippen LogP contribution in [-0.4, -0.2) is 27.9 Å². The zero-order valence-corrected chi connectivity index (χ0v) is 12.8. The number of carbonyl (C=O) groups excluding carboxylic acids is 1. The lowest BCUT2D eigenvalue weighted by Gasteiger charge is -2.33. The summed E-state index contributed by atoms with van der Waals surface area (Å²) in [5.41, 5.74) is 1.04. The fourth-order valence-electron chi connectivity index (χ4n) is 3.28. The molecule has 0 spiro atoms. The van der Waals surface area contributed by atoms with Gasteiger partial charge in [0, 0.05) is 23.6 Å². The van der Waals surface area contributed by atoms with Crippen LogP contribution in [0, 0.1) is 23.0 Å². The van der Waals surface area contributed by atoms with Gasteiger partial charge in [0.1, 0.15) is 11.7 Å². The predicted octanol–water partition coefficient (Wildman–Crippen LogP) is 2.72. The molecule has 2 fully saturated rings. The van der Waals surface area contributed by atoms with Crippen molar-refractivity contribution in [3.05, 3.63) is 34.0 Å². The first kappa shape index (κ1) is 14.9. The molecule has 2 aliphatic rings. The van der Waals surface area contributed by atoms with Gasteiger partial charge in [-0.15, -0.1) is 0 Å². The van der Waals surface area contributed by atoms with Gasteiger partial charge in [0.05, 0.1) is 0 Å². The molecule has 0 unspecified atom stereocenters. The molecule has 6 heteroatoms. The second kappa shape index (κ2) is 6.02. The van der Waals surface area contributed by atoms with E-state index in [2.05, 4.69) is 4.98 Å². The number of nitro groups is 1. The average molecular weight is 303 g/mol. The summed E-state index contributed by atoms with van der Waals surface area (Å²) < 4.78 is 0. The molecule has 0 bridgehead atoms. The number of hydrogen-bond donors (Lipinski definition) is 0. The van der Waals surface area contributed by atoms with Crippen molar-refractivity contribution >= 4 is 11.7 Å². The Hall–Kier alpha value is -1.98. The van der Waals surface area contributed by atoms with Crippen molar-refractivity contribution in [1.82, 2.24) is 4.98 Å². The van der Waals surface area contributed by atoms with Crippen LogP contribution in [0.1, 0.15) is 44.1 Å². The fourth-order valence-corrected chi connectivity index (χ4v) is 3.28. The van der Waals surface area contributed by atoms with Gasteiger partial charge < -0.3 is 0 Å². The van der Waals surface area contributed by atoms with E-state index in [9.17, 15) is 14.9 Å². The molecule has 0 radical (unpaired) electrons. The number of anilines is 1. The maximum absolute atomic E-state index is 12.8. The molecule has 0 aromatic carbocycles. The van der Waals surface area contributed by atoms with E-state index in [0.717, 1.165) is 31.2 Å². The lowest BCUT2D eigenvalue weighted by Crippen LogP contribution is -2.43. The second-order valence-electron chi connectivity index (χ2n) is 6.39. The van der Waals surface area contributed by atoms with Crippen LogP contribution < -0.4 is 4.90 Å². The number of nitrogens with zero attached hydrogens (tertiary/aromatic N) is 3. The molecule has 1 aromatic rings. The number of hydrogen-bond acceptors (Lipinski definition) is 4. The molecule has 0 N–H and O–H groups in total. The smallest absolute Gasteiger partial charge is 0.238 e. The van der Waals surface area contributed by atoms with E-state index in [1.54, 1.807) is 11.1 Å². The van der Waals surface area contributed by atoms with Gasteiger partial charge >= 0.3 is 0 Å². The highest BCUT2D eigenvalue weighted by atomic mass is 16.6. The third-order valence-corrected chi connectivity index (χ3v) is 4.66. The summed E-state index contributed by atoms with van der Waals surface area (Å²) in [4.78, 5) is 29.5. The summed E-state index contributed by atoms with van der Waals surface area (Å²) in [6.45, 7) is 1.95. The van der Waals surface area contributed by atoms with Crippen molar-refractivity contribution in [2.24, 2.45) is 5.92 Å². The molecule has 2 atom stereocenters. The molecule has 2 saturated carbocycles. The van der Waals surface area contributed by atoms with Crippen LogP contribution in [0.15, 0.2) is 18.3 Å². The summed E-state index contributed by atoms with van der Waals surface area (Å²) in [6.07, 6.45) is 7.42. The molecular weight excluding hydrogens is 282 g/mol. The van der Waals surface area contributed by atoms with Crippen molar-refractivity contribution in [2.75, 3.05) is 4.90 Å². The molecule has 1 heterocycles. The molecule has 1 aromatic heterocycles. The molecule has 0 aliphatic heterocycles. The highest BCUT2D eigenvalue weighted by Gasteiger charge is 2.55. The van der Waals surface area contributed by atoms with Crippen molar-refractivity contribution < 1.29 is 9.72 Å². The van der Waals surface area contributed by atoms with Crippen LogP contribution in [-0.2, 0) is 4.79 Å². The quantitative estimate of drug-likeness (QED) is 0.633. The van der Waals surface area contributed by atoms with Crippen LogP contribution in [0.2, 0.25) is 0 Å². The molecule has 1 amide bonds. The zero-order chi connectivity index (χ0) is 15.7. The van der Waals surface area contributed by atoms with E-state index in [1.807, 2.05) is 19.1 Å². The van der Waals surface area contributed by atoms with E-state index in [-0.39, 0.29) is 16.9 Å². The number of pyridine rings is 1. The Balaban J connectivity index is 1.84. The van der Waals surface area contributed by atoms with Gasteiger partial charge in [0.25, 0.3) is 0 Å². The minimum atomic E-state index is -0.705. The Morgan fingerprint density at radius 2 is 2.05 bits per heavy atom. The Labute approximate surface area is 129 Å². The van der Waals surface area contributed by atoms with E-state index >= 15 is 0 Å². The Kier molecular flexibility index (Phi) is 4.09. The maximum Gasteiger partial charge on any atom is 0.238 e. The Morgan fingerprint density at radius 1 is 1.32 bits per heavy atom. The van der Waals surface area contributed by atoms with Crippen molar-refractivity contribution in [3.8, 4) is 0 Å². The van der Waals surface area contributed by atoms with Gasteiger partial charge in [0.2, 0.25) is 11.9 Å². The minimum Gasteiger partial charge on any atom is -0.293 e. The molecular formula is C16H21N3O3. The predicted molar refractivity (Wildman–Crippen MR) is 82.2 cm³/mol. The Bertz CT molecular complexity index is 567. The van der Waals surface area contributed by atoms with Gasteiger partial charge in [0.15, 0.2) is 0 Å². The fraction of sp³-hybridized carbons (Fsp3) is 0.625. The van der Waals surface area contributed by atoms with Crippen molar-refractivity contribution in [2.45, 2.75) is 57.5 Å². The summed E-state index contributed by atoms with van der Waals surface area (Å²) in [5.74, 6) is 0.0430. The van der Waals surface area contributed by atoms with Crippen LogP contribution >= 0.6 is 0 Å². The normalized spacial score (nSPS) is 24.8. The van der Waals surface area contributed by atoms with Gasteiger partial charge in [-0.3, -0.25) is 19.8 Å². The van der Waals surface area contributed by atoms with Crippen LogP contribution in [0.4, 0.5) is 5.82 Å². The second-order valence-corrected chi connectivity index (χ2v) is 6.39. The number of amides is 1. The van der Waals surface area contributed by atoms with Gasteiger partial charge in [-0.2, -0.15) is 0 Å². The maximum atomic E-state index is 12.8. The van der Waals surface area contributed by atoms with E-state index in [4.69, 9.17) is 0 Å². The van der Waals surface area contributed by atoms with Gasteiger partial charge in [-0.25, -0.2) is 4.98 Å². The highest BCUT2D eigenvalue weighted by Crippen LogP contribution is 2.38. The molecule has 6 nitrogen and oxygen atoms in total. The summed E-state index contributed by atoms with van der Waals surface area (Å²) in [5, 5.41) is 10.9. The first-order valence-electron chi connectivity index (χ1n) is 7.97. The lowest BCUT2D eigenvalue weighted by atomic mass is 9.93. The Morgan fingerprint density at radius 3 is 2.59 bits per heavy atom. The van der Waals surface area contributed by atoms with Crippen molar-refractivity contribution in [1.29, 1.82) is 0 Å². The average Bonchev–Trinajstić information content (AvgIpc) is 3.31. The first-order valence-corrected chi connectivity index (χ1v) is 7.97. The number of rotatable bonds is 4. The number of carbonyl (C=O) groups is 1. The standard InChI is InChI=1S/C16H21N3O3/c1-11-7-8-15(17-10-11)18(12-5-3-2-4-6-12)16(20)13-9-14(13)19(21)22/h7-8,10,12-14H,2-6,9H2,1H3/t13-,14+/m0/s1. The minimum absolute atomic E-state index is 0.120.